The molecule has 98 valence electrons. The third kappa shape index (κ3) is 2.81. The van der Waals surface area contributed by atoms with Gasteiger partial charge in [0.25, 0.3) is 0 Å². The highest BCUT2D eigenvalue weighted by Crippen LogP contribution is 2.21. The van der Waals surface area contributed by atoms with Crippen LogP contribution in [0.2, 0.25) is 0 Å². The van der Waals surface area contributed by atoms with Crippen LogP contribution in [-0.2, 0) is 4.84 Å². The topological polar surface area (TPSA) is 21.3 Å². The summed E-state index contributed by atoms with van der Waals surface area (Å²) < 4.78 is 0. The first kappa shape index (κ1) is 12.3. The standard InChI is InChI=1S/C14H10.C4H5NO/c1-2-6-12-10-14-8-4-3-7-13(14)9-11(12)5-1;1-2-4-6-5-3-1/h1-10H;1-5H. The van der Waals surface area contributed by atoms with Crippen LogP contribution in [0.25, 0.3) is 21.5 Å². The molecule has 0 bridgehead atoms. The van der Waals surface area contributed by atoms with Crippen molar-refractivity contribution < 1.29 is 4.84 Å². The lowest BCUT2D eigenvalue weighted by atomic mass is 10.0. The fourth-order valence-electron chi connectivity index (χ4n) is 2.14. The molecule has 0 radical (unpaired) electrons. The highest BCUT2D eigenvalue weighted by molar-refractivity contribution is 5.98. The van der Waals surface area contributed by atoms with Crippen LogP contribution in [0.15, 0.2) is 85.3 Å². The lowest BCUT2D eigenvalue weighted by molar-refractivity contribution is 0.172. The van der Waals surface area contributed by atoms with E-state index in [9.17, 15) is 0 Å². The van der Waals surface area contributed by atoms with Crippen molar-refractivity contribution in [1.82, 2.24) is 5.48 Å². The number of rotatable bonds is 0. The van der Waals surface area contributed by atoms with E-state index in [0.717, 1.165) is 0 Å². The monoisotopic (exact) mass is 261 g/mol. The molecular formula is C18H15NO. The van der Waals surface area contributed by atoms with Crippen molar-refractivity contribution >= 4 is 21.5 Å². The number of hydrogen-bond acceptors (Lipinski definition) is 2. The van der Waals surface area contributed by atoms with Crippen LogP contribution >= 0.6 is 0 Å². The SMILES string of the molecule is C1=CNOC=C1.c1ccc2cc3ccccc3cc2c1. The van der Waals surface area contributed by atoms with Crippen LogP contribution in [0.5, 0.6) is 0 Å². The fraction of sp³-hybridized carbons (Fsp3) is 0. The molecule has 0 saturated carbocycles. The summed E-state index contributed by atoms with van der Waals surface area (Å²) in [7, 11) is 0. The summed E-state index contributed by atoms with van der Waals surface area (Å²) in [4.78, 5) is 4.55. The van der Waals surface area contributed by atoms with Gasteiger partial charge in [-0.25, -0.2) is 5.48 Å². The molecule has 0 spiro atoms. The van der Waals surface area contributed by atoms with Gasteiger partial charge in [-0.3, -0.25) is 0 Å². The minimum Gasteiger partial charge on any atom is -0.391 e. The minimum absolute atomic E-state index is 1.31. The van der Waals surface area contributed by atoms with Crippen LogP contribution in [0, 0.1) is 0 Å². The number of fused-ring (bicyclic) bond motifs is 2. The van der Waals surface area contributed by atoms with E-state index >= 15 is 0 Å². The van der Waals surface area contributed by atoms with Crippen molar-refractivity contribution in [2.75, 3.05) is 0 Å². The predicted octanol–water partition coefficient (Wildman–Crippen LogP) is 4.54. The third-order valence-corrected chi connectivity index (χ3v) is 3.10. The predicted molar refractivity (Wildman–Crippen MR) is 84.0 cm³/mol. The molecule has 20 heavy (non-hydrogen) atoms. The highest BCUT2D eigenvalue weighted by atomic mass is 16.6. The van der Waals surface area contributed by atoms with Gasteiger partial charge in [0.15, 0.2) is 0 Å². The number of allylic oxidation sites excluding steroid dienone is 2. The van der Waals surface area contributed by atoms with E-state index in [2.05, 4.69) is 71.0 Å². The molecule has 1 heterocycles. The summed E-state index contributed by atoms with van der Waals surface area (Å²) in [6, 6.07) is 21.4. The van der Waals surface area contributed by atoms with Crippen molar-refractivity contribution in [1.29, 1.82) is 0 Å². The molecule has 0 fully saturated rings. The summed E-state index contributed by atoms with van der Waals surface area (Å²) in [6.45, 7) is 0. The largest absolute Gasteiger partial charge is 0.391 e. The molecule has 1 N–H and O–H groups in total. The summed E-state index contributed by atoms with van der Waals surface area (Å²) in [5.74, 6) is 0. The van der Waals surface area contributed by atoms with Gasteiger partial charge in [-0.2, -0.15) is 0 Å². The Kier molecular flexibility index (Phi) is 3.65. The van der Waals surface area contributed by atoms with Gasteiger partial charge in [-0.05, 0) is 45.8 Å². The Morgan fingerprint density at radius 2 is 1.15 bits per heavy atom. The van der Waals surface area contributed by atoms with Gasteiger partial charge in [-0.15, -0.1) is 0 Å². The number of hydrogen-bond donors (Lipinski definition) is 1. The molecule has 4 rings (SSSR count). The van der Waals surface area contributed by atoms with Crippen LogP contribution in [0.3, 0.4) is 0 Å². The normalized spacial score (nSPS) is 12.4. The first-order valence-corrected chi connectivity index (χ1v) is 6.54. The molecule has 3 aromatic carbocycles. The molecule has 0 aliphatic carbocycles. The summed E-state index contributed by atoms with van der Waals surface area (Å²) in [6.07, 6.45) is 6.93. The molecule has 2 heteroatoms. The molecular weight excluding hydrogens is 246 g/mol. The Labute approximate surface area is 117 Å². The van der Waals surface area contributed by atoms with Crippen LogP contribution in [0.1, 0.15) is 0 Å². The Morgan fingerprint density at radius 1 is 0.650 bits per heavy atom. The molecule has 0 unspecified atom stereocenters. The van der Waals surface area contributed by atoms with Crippen LogP contribution in [-0.4, -0.2) is 0 Å². The number of hydroxylamine groups is 1. The second-order valence-electron chi connectivity index (χ2n) is 4.47. The lowest BCUT2D eigenvalue weighted by Crippen LogP contribution is -2.01. The molecule has 1 aliphatic rings. The smallest absolute Gasteiger partial charge is 0.119 e. The van der Waals surface area contributed by atoms with Crippen molar-refractivity contribution in [3.05, 3.63) is 85.3 Å². The first-order chi connectivity index (χ1) is 9.93. The summed E-state index contributed by atoms with van der Waals surface area (Å²) in [5.41, 5.74) is 2.52. The Bertz CT molecular complexity index is 657. The maximum absolute atomic E-state index is 4.55. The highest BCUT2D eigenvalue weighted by Gasteiger charge is 1.95. The van der Waals surface area contributed by atoms with Gasteiger partial charge in [0.05, 0.1) is 0 Å². The van der Waals surface area contributed by atoms with E-state index in [0.29, 0.717) is 0 Å². The van der Waals surface area contributed by atoms with Crippen LogP contribution in [0.4, 0.5) is 0 Å². The zero-order valence-electron chi connectivity index (χ0n) is 11.0. The van der Waals surface area contributed by atoms with E-state index in [-0.39, 0.29) is 0 Å². The van der Waals surface area contributed by atoms with Gasteiger partial charge < -0.3 is 4.84 Å². The van der Waals surface area contributed by atoms with Crippen molar-refractivity contribution in [3.63, 3.8) is 0 Å². The third-order valence-electron chi connectivity index (χ3n) is 3.10. The lowest BCUT2D eigenvalue weighted by Gasteiger charge is -2.00. The van der Waals surface area contributed by atoms with Gasteiger partial charge in [0, 0.05) is 6.20 Å². The zero-order chi connectivity index (χ0) is 13.6. The zero-order valence-corrected chi connectivity index (χ0v) is 11.0. The van der Waals surface area contributed by atoms with E-state index in [1.165, 1.54) is 21.5 Å². The van der Waals surface area contributed by atoms with Gasteiger partial charge >= 0.3 is 0 Å². The molecule has 2 nitrogen and oxygen atoms in total. The van der Waals surface area contributed by atoms with Crippen molar-refractivity contribution in [2.45, 2.75) is 0 Å². The van der Waals surface area contributed by atoms with Crippen molar-refractivity contribution in [3.8, 4) is 0 Å². The Balaban J connectivity index is 0.000000170. The van der Waals surface area contributed by atoms with E-state index in [4.69, 9.17) is 0 Å². The van der Waals surface area contributed by atoms with Gasteiger partial charge in [-0.1, -0.05) is 48.5 Å². The average molecular weight is 261 g/mol. The second-order valence-corrected chi connectivity index (χ2v) is 4.47. The minimum atomic E-state index is 1.31. The average Bonchev–Trinajstić information content (AvgIpc) is 2.55. The quantitative estimate of drug-likeness (QED) is 0.600. The number of benzene rings is 3. The Hall–Kier alpha value is -2.74. The molecule has 0 saturated heterocycles. The Morgan fingerprint density at radius 3 is 1.40 bits per heavy atom. The van der Waals surface area contributed by atoms with Gasteiger partial charge in [0.2, 0.25) is 0 Å². The maximum atomic E-state index is 4.55. The van der Waals surface area contributed by atoms with E-state index in [1.54, 1.807) is 18.5 Å². The van der Waals surface area contributed by atoms with Crippen molar-refractivity contribution in [2.24, 2.45) is 0 Å². The second kappa shape index (κ2) is 5.93. The summed E-state index contributed by atoms with van der Waals surface area (Å²) in [5, 5.41) is 5.25. The van der Waals surface area contributed by atoms with Crippen LogP contribution < -0.4 is 5.48 Å². The maximum Gasteiger partial charge on any atom is 0.119 e. The molecule has 3 aromatic rings. The van der Waals surface area contributed by atoms with E-state index in [1.807, 2.05) is 6.08 Å². The summed E-state index contributed by atoms with van der Waals surface area (Å²) >= 11 is 0. The molecule has 0 amide bonds. The molecule has 0 aromatic heterocycles. The first-order valence-electron chi connectivity index (χ1n) is 6.54. The van der Waals surface area contributed by atoms with Gasteiger partial charge in [0.1, 0.15) is 6.26 Å². The number of nitrogens with one attached hydrogen (secondary N) is 1. The molecule has 0 atom stereocenters. The van der Waals surface area contributed by atoms with E-state index < -0.39 is 0 Å². The fourth-order valence-corrected chi connectivity index (χ4v) is 2.14. The molecule has 1 aliphatic heterocycles.